The molecule has 0 unspecified atom stereocenters. The number of nitrogens with one attached hydrogen (secondary N) is 1. The fraction of sp³-hybridized carbons (Fsp3) is 0.333. The van der Waals surface area contributed by atoms with Crippen LogP contribution in [0.1, 0.15) is 49.1 Å². The number of nitrogens with zero attached hydrogens (tertiary/aromatic N) is 4. The molecule has 29 heavy (non-hydrogen) atoms. The highest BCUT2D eigenvalue weighted by molar-refractivity contribution is 6.06. The molecule has 0 bridgehead atoms. The van der Waals surface area contributed by atoms with Crippen LogP contribution >= 0.6 is 0 Å². The number of aryl methyl sites for hydroxylation is 3. The maximum atomic E-state index is 12.9. The van der Waals surface area contributed by atoms with E-state index in [-0.39, 0.29) is 5.91 Å². The second-order valence-corrected chi connectivity index (χ2v) is 6.98. The number of carbonyl (C=O) groups is 2. The standard InChI is InChI=1S/C21H25N5O3/c1-12-18(14(3)25(5)23-12)20(27)22-19-13(2)24-26(15(19)4)11-16-9-7-8-10-17(16)21(28)29-6/h7-10H,11H2,1-6H3,(H,22,27). The quantitative estimate of drug-likeness (QED) is 0.671. The zero-order chi connectivity index (χ0) is 21.3. The van der Waals surface area contributed by atoms with E-state index in [9.17, 15) is 9.59 Å². The number of methoxy groups -OCH3 is 1. The van der Waals surface area contributed by atoms with Crippen molar-refractivity contribution in [1.82, 2.24) is 19.6 Å². The van der Waals surface area contributed by atoms with Gasteiger partial charge in [-0.15, -0.1) is 0 Å². The van der Waals surface area contributed by atoms with Crippen molar-refractivity contribution in [2.45, 2.75) is 34.2 Å². The molecule has 1 aromatic carbocycles. The first-order chi connectivity index (χ1) is 13.7. The van der Waals surface area contributed by atoms with E-state index in [1.54, 1.807) is 21.5 Å². The first kappa shape index (κ1) is 20.3. The van der Waals surface area contributed by atoms with Gasteiger partial charge in [0, 0.05) is 12.7 Å². The molecular formula is C21H25N5O3. The Bertz CT molecular complexity index is 1090. The van der Waals surface area contributed by atoms with Gasteiger partial charge < -0.3 is 10.1 Å². The first-order valence-electron chi connectivity index (χ1n) is 9.26. The molecule has 0 fully saturated rings. The summed E-state index contributed by atoms with van der Waals surface area (Å²) in [7, 11) is 3.17. The van der Waals surface area contributed by atoms with Gasteiger partial charge in [0.2, 0.25) is 0 Å². The van der Waals surface area contributed by atoms with Gasteiger partial charge in [0.15, 0.2) is 0 Å². The Labute approximate surface area is 169 Å². The minimum atomic E-state index is -0.391. The van der Waals surface area contributed by atoms with Crippen molar-refractivity contribution in [3.63, 3.8) is 0 Å². The first-order valence-corrected chi connectivity index (χ1v) is 9.26. The third kappa shape index (κ3) is 3.78. The van der Waals surface area contributed by atoms with Crippen LogP contribution in [0, 0.1) is 27.7 Å². The van der Waals surface area contributed by atoms with Gasteiger partial charge in [-0.25, -0.2) is 4.79 Å². The molecule has 2 heterocycles. The molecule has 152 valence electrons. The monoisotopic (exact) mass is 395 g/mol. The highest BCUT2D eigenvalue weighted by Crippen LogP contribution is 2.23. The number of esters is 1. The van der Waals surface area contributed by atoms with Crippen LogP contribution < -0.4 is 5.32 Å². The van der Waals surface area contributed by atoms with Gasteiger partial charge in [0.05, 0.1) is 47.6 Å². The molecule has 0 aliphatic carbocycles. The third-order valence-corrected chi connectivity index (χ3v) is 5.10. The summed E-state index contributed by atoms with van der Waals surface area (Å²) in [6, 6.07) is 7.25. The molecule has 2 aromatic heterocycles. The second kappa shape index (κ2) is 7.90. The Balaban J connectivity index is 1.90. The van der Waals surface area contributed by atoms with Crippen molar-refractivity contribution in [3.8, 4) is 0 Å². The molecule has 0 atom stereocenters. The number of hydrogen-bond donors (Lipinski definition) is 1. The lowest BCUT2D eigenvalue weighted by molar-refractivity contribution is 0.0599. The fourth-order valence-corrected chi connectivity index (χ4v) is 3.44. The Morgan fingerprint density at radius 2 is 1.72 bits per heavy atom. The van der Waals surface area contributed by atoms with E-state index in [2.05, 4.69) is 15.5 Å². The highest BCUT2D eigenvalue weighted by atomic mass is 16.5. The summed E-state index contributed by atoms with van der Waals surface area (Å²) in [5.41, 5.74) is 5.49. The van der Waals surface area contributed by atoms with Crippen LogP contribution in [-0.2, 0) is 18.3 Å². The smallest absolute Gasteiger partial charge is 0.338 e. The molecule has 0 aliphatic heterocycles. The molecule has 8 heteroatoms. The molecule has 1 N–H and O–H groups in total. The van der Waals surface area contributed by atoms with Crippen LogP contribution in [0.15, 0.2) is 24.3 Å². The van der Waals surface area contributed by atoms with Crippen LogP contribution in [0.2, 0.25) is 0 Å². The molecule has 0 saturated heterocycles. The lowest BCUT2D eigenvalue weighted by atomic mass is 10.1. The van der Waals surface area contributed by atoms with Crippen LogP contribution in [0.4, 0.5) is 5.69 Å². The predicted octanol–water partition coefficient (Wildman–Crippen LogP) is 2.94. The Morgan fingerprint density at radius 1 is 1.03 bits per heavy atom. The van der Waals surface area contributed by atoms with E-state index in [0.29, 0.717) is 34.7 Å². The van der Waals surface area contributed by atoms with E-state index in [1.165, 1.54) is 7.11 Å². The summed E-state index contributed by atoms with van der Waals surface area (Å²) >= 11 is 0. The zero-order valence-electron chi connectivity index (χ0n) is 17.5. The van der Waals surface area contributed by atoms with Gasteiger partial charge in [0.25, 0.3) is 5.91 Å². The van der Waals surface area contributed by atoms with Gasteiger partial charge in [-0.05, 0) is 39.3 Å². The molecular weight excluding hydrogens is 370 g/mol. The second-order valence-electron chi connectivity index (χ2n) is 6.98. The van der Waals surface area contributed by atoms with E-state index in [1.807, 2.05) is 46.9 Å². The van der Waals surface area contributed by atoms with Crippen LogP contribution in [0.5, 0.6) is 0 Å². The maximum Gasteiger partial charge on any atom is 0.338 e. The van der Waals surface area contributed by atoms with Crippen molar-refractivity contribution in [3.05, 3.63) is 63.7 Å². The lowest BCUT2D eigenvalue weighted by Crippen LogP contribution is -2.15. The largest absolute Gasteiger partial charge is 0.465 e. The number of rotatable bonds is 5. The Hall–Kier alpha value is -3.42. The number of benzene rings is 1. The number of amides is 1. The van der Waals surface area contributed by atoms with Crippen molar-refractivity contribution in [1.29, 1.82) is 0 Å². The van der Waals surface area contributed by atoms with E-state index < -0.39 is 5.97 Å². The normalized spacial score (nSPS) is 10.8. The summed E-state index contributed by atoms with van der Waals surface area (Å²) < 4.78 is 8.33. The molecule has 0 radical (unpaired) electrons. The van der Waals surface area contributed by atoms with Crippen molar-refractivity contribution < 1.29 is 14.3 Å². The molecule has 3 aromatic rings. The fourth-order valence-electron chi connectivity index (χ4n) is 3.44. The lowest BCUT2D eigenvalue weighted by Gasteiger charge is -2.10. The van der Waals surface area contributed by atoms with E-state index in [0.717, 1.165) is 17.0 Å². The molecule has 0 spiro atoms. The molecule has 8 nitrogen and oxygen atoms in total. The summed E-state index contributed by atoms with van der Waals surface area (Å²) in [6.07, 6.45) is 0. The zero-order valence-corrected chi connectivity index (χ0v) is 17.5. The number of aromatic nitrogens is 4. The van der Waals surface area contributed by atoms with Gasteiger partial charge in [-0.3, -0.25) is 14.2 Å². The van der Waals surface area contributed by atoms with E-state index >= 15 is 0 Å². The van der Waals surface area contributed by atoms with Crippen molar-refractivity contribution in [2.24, 2.45) is 7.05 Å². The predicted molar refractivity (Wildman–Crippen MR) is 109 cm³/mol. The SMILES string of the molecule is COC(=O)c1ccccc1Cn1nc(C)c(NC(=O)c2c(C)nn(C)c2C)c1C. The van der Waals surface area contributed by atoms with E-state index in [4.69, 9.17) is 4.74 Å². The molecule has 0 aliphatic rings. The minimum absolute atomic E-state index is 0.214. The summed E-state index contributed by atoms with van der Waals surface area (Å²) in [4.78, 5) is 24.9. The third-order valence-electron chi connectivity index (χ3n) is 5.10. The van der Waals surface area contributed by atoms with Gasteiger partial charge in [-0.2, -0.15) is 10.2 Å². The van der Waals surface area contributed by atoms with Crippen LogP contribution in [0.25, 0.3) is 0 Å². The van der Waals surface area contributed by atoms with Crippen molar-refractivity contribution in [2.75, 3.05) is 12.4 Å². The number of hydrogen-bond acceptors (Lipinski definition) is 5. The maximum absolute atomic E-state index is 12.9. The minimum Gasteiger partial charge on any atom is -0.465 e. The van der Waals surface area contributed by atoms with Gasteiger partial charge in [-0.1, -0.05) is 18.2 Å². The summed E-state index contributed by atoms with van der Waals surface area (Å²) in [5.74, 6) is -0.605. The van der Waals surface area contributed by atoms with Crippen molar-refractivity contribution >= 4 is 17.6 Å². The Morgan fingerprint density at radius 3 is 2.34 bits per heavy atom. The van der Waals surface area contributed by atoms with Crippen LogP contribution in [-0.4, -0.2) is 38.5 Å². The summed E-state index contributed by atoms with van der Waals surface area (Å²) in [6.45, 7) is 7.79. The van der Waals surface area contributed by atoms with Gasteiger partial charge >= 0.3 is 5.97 Å². The molecule has 3 rings (SSSR count). The number of carbonyl (C=O) groups excluding carboxylic acids is 2. The van der Waals surface area contributed by atoms with Gasteiger partial charge in [0.1, 0.15) is 0 Å². The molecule has 0 saturated carbocycles. The highest BCUT2D eigenvalue weighted by Gasteiger charge is 2.21. The summed E-state index contributed by atoms with van der Waals surface area (Å²) in [5, 5.41) is 11.8. The topological polar surface area (TPSA) is 91.0 Å². The Kier molecular flexibility index (Phi) is 5.54. The number of anilines is 1. The molecule has 1 amide bonds. The average Bonchev–Trinajstić information content (AvgIpc) is 3.10. The van der Waals surface area contributed by atoms with Crippen LogP contribution in [0.3, 0.4) is 0 Å². The average molecular weight is 395 g/mol. The number of ether oxygens (including phenoxy) is 1.